The van der Waals surface area contributed by atoms with E-state index in [2.05, 4.69) is 20.3 Å². The van der Waals surface area contributed by atoms with Crippen LogP contribution >= 0.6 is 0 Å². The number of amides is 1. The zero-order valence-electron chi connectivity index (χ0n) is 12.8. The van der Waals surface area contributed by atoms with Crippen LogP contribution in [0.4, 0.5) is 0 Å². The lowest BCUT2D eigenvalue weighted by Crippen LogP contribution is -2.25. The Bertz CT molecular complexity index is 607. The second kappa shape index (κ2) is 7.73. The summed E-state index contributed by atoms with van der Waals surface area (Å²) in [5, 5.41) is 2.85. The van der Waals surface area contributed by atoms with Gasteiger partial charge >= 0.3 is 0 Å². The van der Waals surface area contributed by atoms with Gasteiger partial charge in [-0.25, -0.2) is 9.97 Å². The minimum atomic E-state index is -0.150. The topological polar surface area (TPSA) is 89.1 Å². The summed E-state index contributed by atoms with van der Waals surface area (Å²) in [4.78, 5) is 23.1. The zero-order chi connectivity index (χ0) is 15.9. The average molecular weight is 316 g/mol. The summed E-state index contributed by atoms with van der Waals surface area (Å²) < 4.78 is 11.1. The summed E-state index contributed by atoms with van der Waals surface area (Å²) in [5.74, 6) is 0.359. The van der Waals surface area contributed by atoms with E-state index in [1.165, 1.54) is 6.20 Å². The van der Waals surface area contributed by atoms with Crippen molar-refractivity contribution in [2.45, 2.75) is 25.4 Å². The van der Waals surface area contributed by atoms with Gasteiger partial charge in [0.1, 0.15) is 6.61 Å². The fourth-order valence-corrected chi connectivity index (χ4v) is 2.39. The van der Waals surface area contributed by atoms with Gasteiger partial charge in [0, 0.05) is 43.7 Å². The van der Waals surface area contributed by atoms with Crippen molar-refractivity contribution >= 4 is 5.91 Å². The highest BCUT2D eigenvalue weighted by atomic mass is 16.5. The molecule has 0 unspecified atom stereocenters. The van der Waals surface area contributed by atoms with Crippen molar-refractivity contribution in [1.82, 2.24) is 20.3 Å². The fourth-order valence-electron chi connectivity index (χ4n) is 2.39. The highest BCUT2D eigenvalue weighted by Gasteiger charge is 2.16. The van der Waals surface area contributed by atoms with E-state index in [0.717, 1.165) is 25.1 Å². The summed E-state index contributed by atoms with van der Waals surface area (Å²) in [5.41, 5.74) is 1.50. The molecule has 2 aromatic heterocycles. The van der Waals surface area contributed by atoms with E-state index in [1.54, 1.807) is 24.7 Å². The largest absolute Gasteiger partial charge is 0.475 e. The van der Waals surface area contributed by atoms with E-state index < -0.39 is 0 Å². The van der Waals surface area contributed by atoms with Gasteiger partial charge in [0.15, 0.2) is 0 Å². The number of aromatic amines is 1. The number of nitrogens with one attached hydrogen (secondary N) is 2. The van der Waals surface area contributed by atoms with Crippen LogP contribution in [0.2, 0.25) is 0 Å². The highest BCUT2D eigenvalue weighted by Crippen LogP contribution is 2.14. The van der Waals surface area contributed by atoms with Gasteiger partial charge < -0.3 is 19.8 Å². The van der Waals surface area contributed by atoms with E-state index in [0.29, 0.717) is 31.0 Å². The third kappa shape index (κ3) is 4.53. The van der Waals surface area contributed by atoms with Crippen molar-refractivity contribution in [1.29, 1.82) is 0 Å². The van der Waals surface area contributed by atoms with E-state index in [1.807, 2.05) is 0 Å². The molecule has 0 saturated carbocycles. The Labute approximate surface area is 134 Å². The third-order valence-corrected chi connectivity index (χ3v) is 3.67. The molecular formula is C16H20N4O3. The van der Waals surface area contributed by atoms with Gasteiger partial charge in [-0.1, -0.05) is 0 Å². The lowest BCUT2D eigenvalue weighted by molar-refractivity contribution is 0.0663. The van der Waals surface area contributed by atoms with Crippen molar-refractivity contribution in [3.05, 3.63) is 42.1 Å². The van der Waals surface area contributed by atoms with Gasteiger partial charge in [0.2, 0.25) is 5.88 Å². The molecule has 122 valence electrons. The standard InChI is InChI=1S/C16H20N4O3/c21-16(18-6-5-13-9-17-11-20-13)12-3-4-15(19-8-12)23-10-14-2-1-7-22-14/h3-4,8-9,11,14H,1-2,5-7,10H2,(H,17,20)(H,18,21)/t14-/m1/s1. The van der Waals surface area contributed by atoms with Crippen LogP contribution in [0, 0.1) is 0 Å². The van der Waals surface area contributed by atoms with Crippen molar-refractivity contribution in [3.8, 4) is 5.88 Å². The molecule has 1 amide bonds. The van der Waals surface area contributed by atoms with Crippen molar-refractivity contribution in [3.63, 3.8) is 0 Å². The molecule has 3 heterocycles. The first-order chi connectivity index (χ1) is 11.3. The maximum absolute atomic E-state index is 12.0. The third-order valence-electron chi connectivity index (χ3n) is 3.67. The monoisotopic (exact) mass is 316 g/mol. The van der Waals surface area contributed by atoms with Gasteiger partial charge in [-0.05, 0) is 18.9 Å². The Morgan fingerprint density at radius 1 is 1.43 bits per heavy atom. The molecule has 2 aromatic rings. The molecule has 3 rings (SSSR count). The number of imidazole rings is 1. The lowest BCUT2D eigenvalue weighted by atomic mass is 10.2. The number of hydrogen-bond acceptors (Lipinski definition) is 5. The second-order valence-electron chi connectivity index (χ2n) is 5.41. The van der Waals surface area contributed by atoms with Crippen LogP contribution in [0.15, 0.2) is 30.9 Å². The SMILES string of the molecule is O=C(NCCc1cnc[nH]1)c1ccc(OC[C@H]2CCCO2)nc1. The Kier molecular flexibility index (Phi) is 5.21. The quantitative estimate of drug-likeness (QED) is 0.804. The molecule has 0 bridgehead atoms. The van der Waals surface area contributed by atoms with Gasteiger partial charge in [0.25, 0.3) is 5.91 Å². The predicted octanol–water partition coefficient (Wildman–Crippen LogP) is 1.33. The summed E-state index contributed by atoms with van der Waals surface area (Å²) in [6.45, 7) is 1.85. The Morgan fingerprint density at radius 3 is 3.09 bits per heavy atom. The molecule has 0 aromatic carbocycles. The number of hydrogen-bond donors (Lipinski definition) is 2. The maximum atomic E-state index is 12.0. The van der Waals surface area contributed by atoms with E-state index in [9.17, 15) is 4.79 Å². The van der Waals surface area contributed by atoms with Gasteiger partial charge in [-0.3, -0.25) is 4.79 Å². The first kappa shape index (κ1) is 15.5. The maximum Gasteiger partial charge on any atom is 0.252 e. The summed E-state index contributed by atoms with van der Waals surface area (Å²) in [6.07, 6.45) is 7.86. The molecule has 1 aliphatic heterocycles. The number of ether oxygens (including phenoxy) is 2. The summed E-state index contributed by atoms with van der Waals surface area (Å²) in [6, 6.07) is 3.42. The van der Waals surface area contributed by atoms with E-state index in [-0.39, 0.29) is 12.0 Å². The Hall–Kier alpha value is -2.41. The van der Waals surface area contributed by atoms with Crippen LogP contribution in [0.25, 0.3) is 0 Å². The van der Waals surface area contributed by atoms with Crippen LogP contribution in [0.5, 0.6) is 5.88 Å². The Morgan fingerprint density at radius 2 is 2.39 bits per heavy atom. The number of rotatable bonds is 7. The molecule has 0 aliphatic carbocycles. The summed E-state index contributed by atoms with van der Waals surface area (Å²) >= 11 is 0. The minimum absolute atomic E-state index is 0.150. The molecule has 23 heavy (non-hydrogen) atoms. The molecule has 0 spiro atoms. The van der Waals surface area contributed by atoms with Crippen molar-refractivity contribution in [2.75, 3.05) is 19.8 Å². The molecule has 1 aliphatic rings. The van der Waals surface area contributed by atoms with Crippen molar-refractivity contribution < 1.29 is 14.3 Å². The molecule has 1 atom stereocenters. The number of aromatic nitrogens is 3. The smallest absolute Gasteiger partial charge is 0.252 e. The number of pyridine rings is 1. The van der Waals surface area contributed by atoms with Crippen LogP contribution < -0.4 is 10.1 Å². The van der Waals surface area contributed by atoms with E-state index in [4.69, 9.17) is 9.47 Å². The normalized spacial score (nSPS) is 17.1. The van der Waals surface area contributed by atoms with Crippen LogP contribution in [-0.2, 0) is 11.2 Å². The molecule has 7 nitrogen and oxygen atoms in total. The van der Waals surface area contributed by atoms with Crippen LogP contribution in [0.3, 0.4) is 0 Å². The number of carbonyl (C=O) groups is 1. The fraction of sp³-hybridized carbons (Fsp3) is 0.438. The lowest BCUT2D eigenvalue weighted by Gasteiger charge is -2.10. The Balaban J connectivity index is 1.43. The molecule has 1 saturated heterocycles. The molecule has 1 fully saturated rings. The summed E-state index contributed by atoms with van der Waals surface area (Å²) in [7, 11) is 0. The van der Waals surface area contributed by atoms with Gasteiger partial charge in [-0.15, -0.1) is 0 Å². The first-order valence-electron chi connectivity index (χ1n) is 7.77. The molecule has 7 heteroatoms. The zero-order valence-corrected chi connectivity index (χ0v) is 12.8. The van der Waals surface area contributed by atoms with Crippen LogP contribution in [0.1, 0.15) is 28.9 Å². The highest BCUT2D eigenvalue weighted by molar-refractivity contribution is 5.93. The number of nitrogens with zero attached hydrogens (tertiary/aromatic N) is 2. The van der Waals surface area contributed by atoms with Crippen LogP contribution in [-0.4, -0.2) is 46.7 Å². The predicted molar refractivity (Wildman–Crippen MR) is 83.3 cm³/mol. The molecule has 2 N–H and O–H groups in total. The first-order valence-corrected chi connectivity index (χ1v) is 7.77. The van der Waals surface area contributed by atoms with Gasteiger partial charge in [-0.2, -0.15) is 0 Å². The minimum Gasteiger partial charge on any atom is -0.475 e. The number of carbonyl (C=O) groups excluding carboxylic acids is 1. The van der Waals surface area contributed by atoms with Gasteiger partial charge in [0.05, 0.1) is 18.0 Å². The van der Waals surface area contributed by atoms with Crippen molar-refractivity contribution in [2.24, 2.45) is 0 Å². The molecular weight excluding hydrogens is 296 g/mol. The molecule has 0 radical (unpaired) electrons. The average Bonchev–Trinajstić information content (AvgIpc) is 3.27. The number of H-pyrrole nitrogens is 1. The second-order valence-corrected chi connectivity index (χ2v) is 5.41. The van der Waals surface area contributed by atoms with E-state index >= 15 is 0 Å².